The van der Waals surface area contributed by atoms with Gasteiger partial charge in [0.1, 0.15) is 0 Å². The first-order chi connectivity index (χ1) is 7.67. The van der Waals surface area contributed by atoms with Crippen molar-refractivity contribution in [1.82, 2.24) is 4.90 Å². The highest BCUT2D eigenvalue weighted by atomic mass is 15.1. The van der Waals surface area contributed by atoms with Crippen LogP contribution in [0.5, 0.6) is 0 Å². The summed E-state index contributed by atoms with van der Waals surface area (Å²) in [5.41, 5.74) is 1.25. The maximum absolute atomic E-state index is 4.04. The Morgan fingerprint density at radius 2 is 2.19 bits per heavy atom. The minimum Gasteiger partial charge on any atom is -0.299 e. The van der Waals surface area contributed by atoms with Crippen molar-refractivity contribution in [3.05, 3.63) is 41.9 Å². The number of nitrogens with zero attached hydrogens (tertiary/aromatic N) is 2. The van der Waals surface area contributed by atoms with E-state index < -0.39 is 0 Å². The Hall–Kier alpha value is -1.33. The van der Waals surface area contributed by atoms with E-state index in [0.717, 1.165) is 19.4 Å². The summed E-state index contributed by atoms with van der Waals surface area (Å²) < 4.78 is 0. The molecule has 16 heavy (non-hydrogen) atoms. The van der Waals surface area contributed by atoms with Gasteiger partial charge >= 0.3 is 12.3 Å². The van der Waals surface area contributed by atoms with Crippen LogP contribution in [-0.4, -0.2) is 24.5 Å². The molecule has 0 aliphatic carbocycles. The van der Waals surface area contributed by atoms with E-state index in [1.165, 1.54) is 5.57 Å². The predicted octanol–water partition coefficient (Wildman–Crippen LogP) is 3.70. The largest absolute Gasteiger partial charge is 0.310 e. The van der Waals surface area contributed by atoms with Gasteiger partial charge in [-0.15, -0.1) is 6.58 Å². The van der Waals surface area contributed by atoms with E-state index in [1.54, 1.807) is 6.08 Å². The molecular formula is C14H23N2+. The molecule has 0 radical (unpaired) electrons. The van der Waals surface area contributed by atoms with Crippen LogP contribution >= 0.6 is 0 Å². The lowest BCUT2D eigenvalue weighted by atomic mass is 10.1. The topological polar surface area (TPSA) is 7.60 Å². The summed E-state index contributed by atoms with van der Waals surface area (Å²) in [4.78, 5) is 6.37. The van der Waals surface area contributed by atoms with E-state index in [-0.39, 0.29) is 0 Å². The highest BCUT2D eigenvalue weighted by Gasteiger charge is 2.15. The lowest BCUT2D eigenvalue weighted by Gasteiger charge is -2.25. The van der Waals surface area contributed by atoms with Gasteiger partial charge in [0.05, 0.1) is 6.08 Å². The summed E-state index contributed by atoms with van der Waals surface area (Å²) >= 11 is 0. The van der Waals surface area contributed by atoms with Crippen molar-refractivity contribution in [2.75, 3.05) is 13.6 Å². The predicted molar refractivity (Wildman–Crippen MR) is 72.7 cm³/mol. The van der Waals surface area contributed by atoms with E-state index >= 15 is 0 Å². The average molecular weight is 219 g/mol. The molecule has 2 heteroatoms. The van der Waals surface area contributed by atoms with E-state index in [9.17, 15) is 0 Å². The third kappa shape index (κ3) is 5.53. The molecule has 0 aromatic rings. The molecule has 0 aliphatic heterocycles. The Bertz CT molecular complexity index is 304. The molecule has 0 fully saturated rings. The van der Waals surface area contributed by atoms with E-state index in [1.807, 2.05) is 12.3 Å². The zero-order chi connectivity index (χ0) is 12.4. The highest BCUT2D eigenvalue weighted by molar-refractivity contribution is 5.17. The number of hydrogen-bond acceptors (Lipinski definition) is 1. The number of hydrogen-bond donors (Lipinski definition) is 0. The second-order valence-corrected chi connectivity index (χ2v) is 3.82. The molecule has 0 spiro atoms. The molecule has 0 rings (SSSR count). The normalized spacial score (nSPS) is 12.9. The molecule has 0 saturated carbocycles. The number of rotatable bonds is 6. The van der Waals surface area contributed by atoms with Crippen molar-refractivity contribution < 1.29 is 0 Å². The molecule has 2 nitrogen and oxygen atoms in total. The summed E-state index contributed by atoms with van der Waals surface area (Å²) in [5, 5.41) is 0. The van der Waals surface area contributed by atoms with Crippen LogP contribution in [0.1, 0.15) is 26.7 Å². The van der Waals surface area contributed by atoms with Crippen LogP contribution in [0.15, 0.2) is 37.1 Å². The van der Waals surface area contributed by atoms with Crippen LogP contribution in [0.25, 0.3) is 4.85 Å². The van der Waals surface area contributed by atoms with E-state index in [2.05, 4.69) is 49.9 Å². The molecular weight excluding hydrogens is 196 g/mol. The first-order valence-electron chi connectivity index (χ1n) is 5.71. The van der Waals surface area contributed by atoms with Gasteiger partial charge in [0.2, 0.25) is 0 Å². The first kappa shape index (κ1) is 14.7. The van der Waals surface area contributed by atoms with Crippen molar-refractivity contribution in [2.24, 2.45) is 0 Å². The molecule has 0 heterocycles. The number of likely N-dealkylation sites (N-methyl/N-ethyl adjacent to an activating group) is 1. The van der Waals surface area contributed by atoms with Gasteiger partial charge in [-0.05, 0) is 31.7 Å². The van der Waals surface area contributed by atoms with Crippen molar-refractivity contribution in [3.8, 4) is 6.07 Å². The monoisotopic (exact) mass is 219 g/mol. The molecule has 0 amide bonds. The Labute approximate surface area is 99.8 Å². The van der Waals surface area contributed by atoms with Gasteiger partial charge in [-0.3, -0.25) is 4.90 Å². The van der Waals surface area contributed by atoms with Crippen molar-refractivity contribution in [1.29, 1.82) is 0 Å². The number of allylic oxidation sites excluding steroid dienone is 1. The van der Waals surface area contributed by atoms with Crippen LogP contribution in [0.4, 0.5) is 0 Å². The molecule has 0 N–H and O–H groups in total. The van der Waals surface area contributed by atoms with Gasteiger partial charge in [0.25, 0.3) is 0 Å². The zero-order valence-electron chi connectivity index (χ0n) is 10.7. The summed E-state index contributed by atoms with van der Waals surface area (Å²) in [5.74, 6) is 0. The fourth-order valence-corrected chi connectivity index (χ4v) is 1.71. The fraction of sp³-hybridized carbons (Fsp3) is 0.500. The SMILES string of the molecule is C=CC#[N+]C=C(C)C(CC)N(C)CCC=C. The van der Waals surface area contributed by atoms with E-state index in [0.29, 0.717) is 6.04 Å². The second kappa shape index (κ2) is 8.94. The molecule has 0 saturated heterocycles. The van der Waals surface area contributed by atoms with Crippen molar-refractivity contribution >= 4 is 0 Å². The quantitative estimate of drug-likeness (QED) is 0.488. The van der Waals surface area contributed by atoms with Crippen molar-refractivity contribution in [2.45, 2.75) is 32.7 Å². The van der Waals surface area contributed by atoms with Crippen LogP contribution in [0, 0.1) is 6.07 Å². The smallest absolute Gasteiger partial charge is 0.299 e. The van der Waals surface area contributed by atoms with Crippen molar-refractivity contribution in [3.63, 3.8) is 0 Å². The molecule has 0 aromatic carbocycles. The molecule has 0 aromatic heterocycles. The maximum atomic E-state index is 4.04. The van der Waals surface area contributed by atoms with Gasteiger partial charge in [-0.2, -0.15) is 0 Å². The van der Waals surface area contributed by atoms with Gasteiger partial charge in [-0.25, -0.2) is 0 Å². The van der Waals surface area contributed by atoms with E-state index in [4.69, 9.17) is 0 Å². The minimum atomic E-state index is 0.440. The summed E-state index contributed by atoms with van der Waals surface area (Å²) in [7, 11) is 2.13. The Balaban J connectivity index is 4.51. The van der Waals surface area contributed by atoms with Gasteiger partial charge in [0.15, 0.2) is 0 Å². The second-order valence-electron chi connectivity index (χ2n) is 3.82. The average Bonchev–Trinajstić information content (AvgIpc) is 2.27. The molecule has 0 bridgehead atoms. The lowest BCUT2D eigenvalue weighted by Crippen LogP contribution is -2.32. The van der Waals surface area contributed by atoms with Crippen LogP contribution in [0.3, 0.4) is 0 Å². The van der Waals surface area contributed by atoms with Crippen LogP contribution in [-0.2, 0) is 0 Å². The molecule has 0 aliphatic rings. The van der Waals surface area contributed by atoms with Gasteiger partial charge in [0, 0.05) is 18.2 Å². The maximum Gasteiger partial charge on any atom is 0.310 e. The van der Waals surface area contributed by atoms with Gasteiger partial charge < -0.3 is 0 Å². The fourth-order valence-electron chi connectivity index (χ4n) is 1.71. The zero-order valence-corrected chi connectivity index (χ0v) is 10.7. The molecule has 1 unspecified atom stereocenters. The van der Waals surface area contributed by atoms with Gasteiger partial charge in [-0.1, -0.05) is 19.6 Å². The Kier molecular flexibility index (Phi) is 8.19. The minimum absolute atomic E-state index is 0.440. The Morgan fingerprint density at radius 1 is 1.50 bits per heavy atom. The molecule has 1 atom stereocenters. The third-order valence-corrected chi connectivity index (χ3v) is 2.56. The summed E-state index contributed by atoms with van der Waals surface area (Å²) in [6, 6.07) is 3.16. The summed E-state index contributed by atoms with van der Waals surface area (Å²) in [6.45, 7) is 12.6. The van der Waals surface area contributed by atoms with Crippen LogP contribution in [0.2, 0.25) is 0 Å². The Morgan fingerprint density at radius 3 is 2.69 bits per heavy atom. The first-order valence-corrected chi connectivity index (χ1v) is 5.71. The standard InChI is InChI=1S/C14H23N2/c1-6-9-11-16(5)14(8-3)13(4)12-15-10-7-2/h6-7,12,14H,1-2,8-9,11H2,3-5H3/q+1. The molecule has 88 valence electrons. The lowest BCUT2D eigenvalue weighted by molar-refractivity contribution is 0.270. The third-order valence-electron chi connectivity index (χ3n) is 2.56. The highest BCUT2D eigenvalue weighted by Crippen LogP contribution is 2.13. The van der Waals surface area contributed by atoms with Crippen LogP contribution < -0.4 is 0 Å². The summed E-state index contributed by atoms with van der Waals surface area (Å²) in [6.07, 6.45) is 7.47.